The SMILES string of the molecule is CC(O)COc1ccc(Br)cc1CN. The van der Waals surface area contributed by atoms with Gasteiger partial charge >= 0.3 is 0 Å². The molecule has 0 saturated heterocycles. The summed E-state index contributed by atoms with van der Waals surface area (Å²) in [7, 11) is 0. The Morgan fingerprint density at radius 3 is 2.86 bits per heavy atom. The maximum atomic E-state index is 9.07. The van der Waals surface area contributed by atoms with Gasteiger partial charge in [0.15, 0.2) is 0 Å². The van der Waals surface area contributed by atoms with Crippen LogP contribution in [0.4, 0.5) is 0 Å². The summed E-state index contributed by atoms with van der Waals surface area (Å²) in [5.74, 6) is 0.733. The third-order valence-electron chi connectivity index (χ3n) is 1.72. The fourth-order valence-corrected chi connectivity index (χ4v) is 1.47. The molecule has 3 nitrogen and oxygen atoms in total. The molecule has 0 aromatic heterocycles. The molecular weight excluding hydrogens is 246 g/mol. The molecule has 0 spiro atoms. The van der Waals surface area contributed by atoms with Gasteiger partial charge in [0, 0.05) is 16.6 Å². The number of nitrogens with two attached hydrogens (primary N) is 1. The van der Waals surface area contributed by atoms with E-state index >= 15 is 0 Å². The minimum atomic E-state index is -0.468. The second kappa shape index (κ2) is 5.34. The summed E-state index contributed by atoms with van der Waals surface area (Å²) in [5, 5.41) is 9.07. The zero-order valence-electron chi connectivity index (χ0n) is 8.03. The maximum Gasteiger partial charge on any atom is 0.123 e. The number of aliphatic hydroxyl groups is 1. The van der Waals surface area contributed by atoms with E-state index in [4.69, 9.17) is 15.6 Å². The van der Waals surface area contributed by atoms with Gasteiger partial charge in [-0.25, -0.2) is 0 Å². The Morgan fingerprint density at radius 1 is 1.57 bits per heavy atom. The highest BCUT2D eigenvalue weighted by Crippen LogP contribution is 2.22. The molecule has 78 valence electrons. The van der Waals surface area contributed by atoms with Gasteiger partial charge in [-0.3, -0.25) is 0 Å². The lowest BCUT2D eigenvalue weighted by molar-refractivity contribution is 0.122. The average Bonchev–Trinajstić information content (AvgIpc) is 2.15. The summed E-state index contributed by atoms with van der Waals surface area (Å²) in [5.41, 5.74) is 6.49. The van der Waals surface area contributed by atoms with Crippen molar-refractivity contribution in [2.75, 3.05) is 6.61 Å². The van der Waals surface area contributed by atoms with Crippen molar-refractivity contribution in [2.45, 2.75) is 19.6 Å². The van der Waals surface area contributed by atoms with Crippen LogP contribution in [0.5, 0.6) is 5.75 Å². The van der Waals surface area contributed by atoms with E-state index in [1.54, 1.807) is 6.92 Å². The number of aliphatic hydroxyl groups excluding tert-OH is 1. The summed E-state index contributed by atoms with van der Waals surface area (Å²) in [6.45, 7) is 2.39. The molecule has 1 unspecified atom stereocenters. The Hall–Kier alpha value is -0.580. The second-order valence-electron chi connectivity index (χ2n) is 3.12. The third kappa shape index (κ3) is 3.29. The fourth-order valence-electron chi connectivity index (χ4n) is 1.06. The number of hydrogen-bond acceptors (Lipinski definition) is 3. The van der Waals surface area contributed by atoms with Gasteiger partial charge in [0.1, 0.15) is 12.4 Å². The highest BCUT2D eigenvalue weighted by molar-refractivity contribution is 9.10. The molecule has 1 rings (SSSR count). The van der Waals surface area contributed by atoms with Crippen LogP contribution in [0.1, 0.15) is 12.5 Å². The molecule has 3 N–H and O–H groups in total. The lowest BCUT2D eigenvalue weighted by Crippen LogP contribution is -2.14. The van der Waals surface area contributed by atoms with Crippen LogP contribution in [0.15, 0.2) is 22.7 Å². The molecule has 0 heterocycles. The topological polar surface area (TPSA) is 55.5 Å². The second-order valence-corrected chi connectivity index (χ2v) is 4.03. The molecule has 0 saturated carbocycles. The van der Waals surface area contributed by atoms with Gasteiger partial charge in [-0.1, -0.05) is 15.9 Å². The van der Waals surface area contributed by atoms with Crippen LogP contribution < -0.4 is 10.5 Å². The van der Waals surface area contributed by atoms with Crippen LogP contribution in [0.2, 0.25) is 0 Å². The molecule has 0 fully saturated rings. The van der Waals surface area contributed by atoms with Gasteiger partial charge in [0.2, 0.25) is 0 Å². The van der Waals surface area contributed by atoms with Crippen molar-refractivity contribution in [3.05, 3.63) is 28.2 Å². The summed E-state index contributed by atoms with van der Waals surface area (Å²) < 4.78 is 6.37. The van der Waals surface area contributed by atoms with Crippen LogP contribution in [-0.2, 0) is 6.54 Å². The predicted octanol–water partition coefficient (Wildman–Crippen LogP) is 1.67. The Bertz CT molecular complexity index is 302. The zero-order chi connectivity index (χ0) is 10.6. The van der Waals surface area contributed by atoms with E-state index in [0.717, 1.165) is 15.8 Å². The number of benzene rings is 1. The molecule has 0 aliphatic carbocycles. The molecule has 1 aromatic rings. The Labute approximate surface area is 92.0 Å². The lowest BCUT2D eigenvalue weighted by atomic mass is 10.2. The van der Waals surface area contributed by atoms with E-state index in [2.05, 4.69) is 15.9 Å². The van der Waals surface area contributed by atoms with E-state index in [0.29, 0.717) is 6.54 Å². The first kappa shape index (κ1) is 11.5. The van der Waals surface area contributed by atoms with Gasteiger partial charge in [0.05, 0.1) is 6.10 Å². The van der Waals surface area contributed by atoms with E-state index < -0.39 is 6.10 Å². The first-order valence-electron chi connectivity index (χ1n) is 4.43. The zero-order valence-corrected chi connectivity index (χ0v) is 9.62. The lowest BCUT2D eigenvalue weighted by Gasteiger charge is -2.11. The molecule has 0 amide bonds. The minimum Gasteiger partial charge on any atom is -0.491 e. The van der Waals surface area contributed by atoms with Crippen molar-refractivity contribution < 1.29 is 9.84 Å². The number of hydrogen-bond donors (Lipinski definition) is 2. The summed E-state index contributed by atoms with van der Waals surface area (Å²) in [6, 6.07) is 5.64. The summed E-state index contributed by atoms with van der Waals surface area (Å²) in [6.07, 6.45) is -0.468. The van der Waals surface area contributed by atoms with Crippen molar-refractivity contribution in [1.82, 2.24) is 0 Å². The standard InChI is InChI=1S/C10H14BrNO2/c1-7(13)6-14-10-3-2-9(11)4-8(10)5-12/h2-4,7,13H,5-6,12H2,1H3. The summed E-state index contributed by atoms with van der Waals surface area (Å²) >= 11 is 3.36. The average molecular weight is 260 g/mol. The molecule has 0 aliphatic heterocycles. The highest BCUT2D eigenvalue weighted by atomic mass is 79.9. The van der Waals surface area contributed by atoms with Gasteiger partial charge in [-0.2, -0.15) is 0 Å². The Morgan fingerprint density at radius 2 is 2.29 bits per heavy atom. The number of halogens is 1. The summed E-state index contributed by atoms with van der Waals surface area (Å²) in [4.78, 5) is 0. The van der Waals surface area contributed by atoms with E-state index in [1.807, 2.05) is 18.2 Å². The third-order valence-corrected chi connectivity index (χ3v) is 2.22. The molecular formula is C10H14BrNO2. The van der Waals surface area contributed by atoms with Gasteiger partial charge < -0.3 is 15.6 Å². The largest absolute Gasteiger partial charge is 0.491 e. The van der Waals surface area contributed by atoms with E-state index in [9.17, 15) is 0 Å². The van der Waals surface area contributed by atoms with Crippen LogP contribution in [-0.4, -0.2) is 17.8 Å². The van der Waals surface area contributed by atoms with E-state index in [1.165, 1.54) is 0 Å². The first-order chi connectivity index (χ1) is 6.63. The molecule has 0 bridgehead atoms. The number of ether oxygens (including phenoxy) is 1. The Balaban J connectivity index is 2.75. The van der Waals surface area contributed by atoms with Crippen molar-refractivity contribution in [3.8, 4) is 5.75 Å². The van der Waals surface area contributed by atoms with Crippen LogP contribution in [0.3, 0.4) is 0 Å². The molecule has 1 atom stereocenters. The minimum absolute atomic E-state index is 0.286. The van der Waals surface area contributed by atoms with E-state index in [-0.39, 0.29) is 6.61 Å². The van der Waals surface area contributed by atoms with Crippen LogP contribution in [0, 0.1) is 0 Å². The Kier molecular flexibility index (Phi) is 4.38. The van der Waals surface area contributed by atoms with Gasteiger partial charge in [-0.05, 0) is 25.1 Å². The van der Waals surface area contributed by atoms with Crippen LogP contribution >= 0.6 is 15.9 Å². The molecule has 0 radical (unpaired) electrons. The monoisotopic (exact) mass is 259 g/mol. The predicted molar refractivity (Wildman–Crippen MR) is 59.2 cm³/mol. The number of rotatable bonds is 4. The van der Waals surface area contributed by atoms with Crippen molar-refractivity contribution in [2.24, 2.45) is 5.73 Å². The fraction of sp³-hybridized carbons (Fsp3) is 0.400. The van der Waals surface area contributed by atoms with Crippen molar-refractivity contribution in [3.63, 3.8) is 0 Å². The molecule has 14 heavy (non-hydrogen) atoms. The molecule has 1 aromatic carbocycles. The van der Waals surface area contributed by atoms with Crippen molar-refractivity contribution in [1.29, 1.82) is 0 Å². The quantitative estimate of drug-likeness (QED) is 0.865. The highest BCUT2D eigenvalue weighted by Gasteiger charge is 2.04. The van der Waals surface area contributed by atoms with Crippen molar-refractivity contribution >= 4 is 15.9 Å². The molecule has 0 aliphatic rings. The van der Waals surface area contributed by atoms with Crippen LogP contribution in [0.25, 0.3) is 0 Å². The van der Waals surface area contributed by atoms with Gasteiger partial charge in [-0.15, -0.1) is 0 Å². The van der Waals surface area contributed by atoms with Gasteiger partial charge in [0.25, 0.3) is 0 Å². The normalized spacial score (nSPS) is 12.6. The smallest absolute Gasteiger partial charge is 0.123 e. The molecule has 4 heteroatoms. The first-order valence-corrected chi connectivity index (χ1v) is 5.22. The maximum absolute atomic E-state index is 9.07.